The molecule has 0 saturated carbocycles. The standard InChI is InChI=1S/C14H19F2N3O2/c1-8(2)7-19-13(20)3-4-18-14(21)9-5-12(17)11(16)6-10(9)15/h5-6,8H,3-4,7,17H2,1-2H3,(H,18,21)(H,19,20). The van der Waals surface area contributed by atoms with Crippen molar-refractivity contribution in [2.24, 2.45) is 5.92 Å². The average Bonchev–Trinajstić information content (AvgIpc) is 2.40. The normalized spacial score (nSPS) is 10.5. The zero-order valence-electron chi connectivity index (χ0n) is 12.0. The number of hydrogen-bond acceptors (Lipinski definition) is 3. The van der Waals surface area contributed by atoms with E-state index >= 15 is 0 Å². The molecule has 0 aliphatic rings. The summed E-state index contributed by atoms with van der Waals surface area (Å²) in [5.74, 6) is -2.53. The molecular weight excluding hydrogens is 280 g/mol. The maximum Gasteiger partial charge on any atom is 0.254 e. The molecule has 0 aromatic heterocycles. The van der Waals surface area contributed by atoms with Gasteiger partial charge in [0.15, 0.2) is 0 Å². The Morgan fingerprint density at radius 1 is 1.19 bits per heavy atom. The summed E-state index contributed by atoms with van der Waals surface area (Å²) in [4.78, 5) is 23.1. The number of hydrogen-bond donors (Lipinski definition) is 3. The Morgan fingerprint density at radius 3 is 2.48 bits per heavy atom. The number of halogens is 2. The molecule has 0 unspecified atom stereocenters. The van der Waals surface area contributed by atoms with Crippen molar-refractivity contribution in [3.63, 3.8) is 0 Å². The molecule has 7 heteroatoms. The molecule has 1 aromatic carbocycles. The third kappa shape index (κ3) is 5.37. The van der Waals surface area contributed by atoms with Crippen LogP contribution in [0.3, 0.4) is 0 Å². The zero-order valence-corrected chi connectivity index (χ0v) is 12.0. The third-order valence-corrected chi connectivity index (χ3v) is 2.68. The number of amides is 2. The maximum absolute atomic E-state index is 13.4. The van der Waals surface area contributed by atoms with Gasteiger partial charge in [-0.3, -0.25) is 9.59 Å². The van der Waals surface area contributed by atoms with E-state index in [1.54, 1.807) is 0 Å². The minimum atomic E-state index is -0.997. The largest absolute Gasteiger partial charge is 0.396 e. The van der Waals surface area contributed by atoms with Gasteiger partial charge < -0.3 is 16.4 Å². The summed E-state index contributed by atoms with van der Waals surface area (Å²) >= 11 is 0. The van der Waals surface area contributed by atoms with Gasteiger partial charge in [-0.1, -0.05) is 13.8 Å². The lowest BCUT2D eigenvalue weighted by Crippen LogP contribution is -2.32. The van der Waals surface area contributed by atoms with Crippen LogP contribution in [-0.4, -0.2) is 24.9 Å². The molecule has 0 saturated heterocycles. The molecule has 0 aliphatic carbocycles. The summed E-state index contributed by atoms with van der Waals surface area (Å²) in [6.45, 7) is 4.53. The second-order valence-corrected chi connectivity index (χ2v) is 5.06. The molecule has 4 N–H and O–H groups in total. The fourth-order valence-electron chi connectivity index (χ4n) is 1.53. The predicted molar refractivity (Wildman–Crippen MR) is 75.6 cm³/mol. The minimum Gasteiger partial charge on any atom is -0.396 e. The van der Waals surface area contributed by atoms with E-state index in [4.69, 9.17) is 5.73 Å². The number of benzene rings is 1. The summed E-state index contributed by atoms with van der Waals surface area (Å²) in [7, 11) is 0. The van der Waals surface area contributed by atoms with Gasteiger partial charge in [-0.25, -0.2) is 8.78 Å². The zero-order chi connectivity index (χ0) is 16.0. The molecule has 0 aliphatic heterocycles. The van der Waals surface area contributed by atoms with Gasteiger partial charge >= 0.3 is 0 Å². The number of carbonyl (C=O) groups is 2. The van der Waals surface area contributed by atoms with Gasteiger partial charge in [-0.05, 0) is 12.0 Å². The van der Waals surface area contributed by atoms with Crippen LogP contribution < -0.4 is 16.4 Å². The average molecular weight is 299 g/mol. The smallest absolute Gasteiger partial charge is 0.254 e. The number of nitrogens with one attached hydrogen (secondary N) is 2. The number of nitrogen functional groups attached to an aromatic ring is 1. The van der Waals surface area contributed by atoms with E-state index < -0.39 is 17.5 Å². The lowest BCUT2D eigenvalue weighted by atomic mass is 10.1. The van der Waals surface area contributed by atoms with Crippen LogP contribution in [-0.2, 0) is 4.79 Å². The highest BCUT2D eigenvalue weighted by Crippen LogP contribution is 2.16. The summed E-state index contributed by atoms with van der Waals surface area (Å²) in [5.41, 5.74) is 4.63. The van der Waals surface area contributed by atoms with Crippen LogP contribution in [0.2, 0.25) is 0 Å². The van der Waals surface area contributed by atoms with E-state index in [1.165, 1.54) is 0 Å². The molecule has 0 radical (unpaired) electrons. The van der Waals surface area contributed by atoms with Crippen molar-refractivity contribution in [2.45, 2.75) is 20.3 Å². The molecular formula is C14H19F2N3O2. The molecule has 5 nitrogen and oxygen atoms in total. The second-order valence-electron chi connectivity index (χ2n) is 5.06. The van der Waals surface area contributed by atoms with Crippen molar-refractivity contribution in [1.29, 1.82) is 0 Å². The fourth-order valence-corrected chi connectivity index (χ4v) is 1.53. The molecule has 0 heterocycles. The van der Waals surface area contributed by atoms with Gasteiger partial charge in [-0.15, -0.1) is 0 Å². The second kappa shape index (κ2) is 7.56. The molecule has 116 valence electrons. The minimum absolute atomic E-state index is 0.0550. The van der Waals surface area contributed by atoms with Crippen LogP contribution in [0.4, 0.5) is 14.5 Å². The molecule has 0 fully saturated rings. The van der Waals surface area contributed by atoms with E-state index in [2.05, 4.69) is 10.6 Å². The van der Waals surface area contributed by atoms with E-state index in [0.717, 1.165) is 6.07 Å². The molecule has 21 heavy (non-hydrogen) atoms. The van der Waals surface area contributed by atoms with Crippen molar-refractivity contribution in [1.82, 2.24) is 10.6 Å². The van der Waals surface area contributed by atoms with E-state index in [0.29, 0.717) is 18.5 Å². The van der Waals surface area contributed by atoms with Crippen molar-refractivity contribution in [2.75, 3.05) is 18.8 Å². The first-order valence-electron chi connectivity index (χ1n) is 6.60. The van der Waals surface area contributed by atoms with Crippen molar-refractivity contribution >= 4 is 17.5 Å². The lowest BCUT2D eigenvalue weighted by molar-refractivity contribution is -0.121. The molecule has 1 aromatic rings. The highest BCUT2D eigenvalue weighted by molar-refractivity contribution is 5.95. The van der Waals surface area contributed by atoms with Crippen LogP contribution in [0.1, 0.15) is 30.6 Å². The summed E-state index contributed by atoms with van der Waals surface area (Å²) < 4.78 is 26.4. The lowest BCUT2D eigenvalue weighted by Gasteiger charge is -2.09. The highest BCUT2D eigenvalue weighted by atomic mass is 19.1. The van der Waals surface area contributed by atoms with E-state index in [1.807, 2.05) is 13.8 Å². The van der Waals surface area contributed by atoms with E-state index in [-0.39, 0.29) is 30.1 Å². The number of nitrogens with two attached hydrogens (primary N) is 1. The maximum atomic E-state index is 13.4. The Balaban J connectivity index is 2.48. The predicted octanol–water partition coefficient (Wildman–Crippen LogP) is 1.44. The summed E-state index contributed by atoms with van der Waals surface area (Å²) in [6.07, 6.45) is 0.0801. The first kappa shape index (κ1) is 16.9. The van der Waals surface area contributed by atoms with Crippen molar-refractivity contribution in [3.8, 4) is 0 Å². The fraction of sp³-hybridized carbons (Fsp3) is 0.429. The Hall–Kier alpha value is -2.18. The number of anilines is 1. The Labute approximate surface area is 121 Å². The van der Waals surface area contributed by atoms with Crippen LogP contribution in [0.5, 0.6) is 0 Å². The summed E-state index contributed by atoms with van der Waals surface area (Å²) in [5, 5.41) is 5.08. The SMILES string of the molecule is CC(C)CNC(=O)CCNC(=O)c1cc(N)c(F)cc1F. The van der Waals surface area contributed by atoms with Crippen LogP contribution in [0, 0.1) is 17.6 Å². The number of carbonyl (C=O) groups excluding carboxylic acids is 2. The van der Waals surface area contributed by atoms with Crippen LogP contribution in [0.25, 0.3) is 0 Å². The highest BCUT2D eigenvalue weighted by Gasteiger charge is 2.15. The molecule has 0 atom stereocenters. The monoisotopic (exact) mass is 299 g/mol. The van der Waals surface area contributed by atoms with Gasteiger partial charge in [0.05, 0.1) is 11.3 Å². The van der Waals surface area contributed by atoms with E-state index in [9.17, 15) is 18.4 Å². The molecule has 2 amide bonds. The van der Waals surface area contributed by atoms with Gasteiger partial charge in [0, 0.05) is 25.6 Å². The first-order valence-corrected chi connectivity index (χ1v) is 6.60. The summed E-state index contributed by atoms with van der Waals surface area (Å²) in [6, 6.07) is 1.48. The van der Waals surface area contributed by atoms with Gasteiger partial charge in [-0.2, -0.15) is 0 Å². The molecule has 0 spiro atoms. The van der Waals surface area contributed by atoms with Gasteiger partial charge in [0.25, 0.3) is 5.91 Å². The first-order chi connectivity index (χ1) is 9.81. The quantitative estimate of drug-likeness (QED) is 0.695. The topological polar surface area (TPSA) is 84.2 Å². The Kier molecular flexibility index (Phi) is 6.08. The molecule has 1 rings (SSSR count). The van der Waals surface area contributed by atoms with Crippen molar-refractivity contribution in [3.05, 3.63) is 29.3 Å². The number of rotatable bonds is 6. The Bertz CT molecular complexity index is 533. The Morgan fingerprint density at radius 2 is 1.86 bits per heavy atom. The van der Waals surface area contributed by atoms with Gasteiger partial charge in [0.2, 0.25) is 5.91 Å². The van der Waals surface area contributed by atoms with Crippen molar-refractivity contribution < 1.29 is 18.4 Å². The van der Waals surface area contributed by atoms with Crippen LogP contribution in [0.15, 0.2) is 12.1 Å². The molecule has 0 bridgehead atoms. The third-order valence-electron chi connectivity index (χ3n) is 2.68. The van der Waals surface area contributed by atoms with Crippen LogP contribution >= 0.6 is 0 Å². The van der Waals surface area contributed by atoms with Gasteiger partial charge in [0.1, 0.15) is 11.6 Å².